The highest BCUT2D eigenvalue weighted by atomic mass is 19.3. The molecule has 0 spiro atoms. The number of ether oxygens (including phenoxy) is 1. The maximum Gasteiger partial charge on any atom is 0.339 e. The van der Waals surface area contributed by atoms with Gasteiger partial charge < -0.3 is 4.74 Å². The average molecular weight is 396 g/mol. The third kappa shape index (κ3) is 3.91. The smallest absolute Gasteiger partial charge is 0.339 e. The predicted molar refractivity (Wildman–Crippen MR) is 104 cm³/mol. The van der Waals surface area contributed by atoms with Crippen LogP contribution in [0, 0.1) is 5.92 Å². The van der Waals surface area contributed by atoms with Crippen LogP contribution in [-0.2, 0) is 4.74 Å². The Balaban J connectivity index is 1.78. The minimum absolute atomic E-state index is 0.0383. The molecule has 1 aliphatic heterocycles. The first kappa shape index (κ1) is 21.1. The van der Waals surface area contributed by atoms with Gasteiger partial charge in [0.15, 0.2) is 0 Å². The SMILES string of the molecule is CCCC1=CC=C(c2ccc(C3CCC(CCC)CO3)cc2)C(F)(F)C1(F)F. The molecule has 1 aromatic rings. The third-order valence-corrected chi connectivity index (χ3v) is 5.77. The van der Waals surface area contributed by atoms with Crippen LogP contribution in [0.15, 0.2) is 42.0 Å². The molecule has 0 amide bonds. The van der Waals surface area contributed by atoms with Gasteiger partial charge in [0.25, 0.3) is 0 Å². The number of allylic oxidation sites excluding steroid dienone is 4. The number of hydrogen-bond acceptors (Lipinski definition) is 1. The van der Waals surface area contributed by atoms with E-state index in [-0.39, 0.29) is 18.1 Å². The molecule has 2 aliphatic rings. The Morgan fingerprint density at radius 2 is 1.64 bits per heavy atom. The normalized spacial score (nSPS) is 26.5. The molecule has 3 rings (SSSR count). The second-order valence-corrected chi connectivity index (χ2v) is 7.85. The second-order valence-electron chi connectivity index (χ2n) is 7.85. The third-order valence-electron chi connectivity index (χ3n) is 5.77. The van der Waals surface area contributed by atoms with E-state index in [2.05, 4.69) is 6.92 Å². The lowest BCUT2D eigenvalue weighted by Crippen LogP contribution is -2.44. The van der Waals surface area contributed by atoms with Crippen LogP contribution in [0.5, 0.6) is 0 Å². The molecule has 0 saturated carbocycles. The van der Waals surface area contributed by atoms with Gasteiger partial charge in [-0.3, -0.25) is 0 Å². The zero-order valence-corrected chi connectivity index (χ0v) is 16.5. The summed E-state index contributed by atoms with van der Waals surface area (Å²) in [5.74, 6) is -7.80. The second kappa shape index (κ2) is 8.40. The summed E-state index contributed by atoms with van der Waals surface area (Å²) in [6, 6.07) is 6.46. The van der Waals surface area contributed by atoms with Crippen LogP contribution < -0.4 is 0 Å². The van der Waals surface area contributed by atoms with Crippen molar-refractivity contribution in [3.8, 4) is 0 Å². The van der Waals surface area contributed by atoms with Crippen LogP contribution in [0.1, 0.15) is 69.6 Å². The molecule has 5 heteroatoms. The van der Waals surface area contributed by atoms with Gasteiger partial charge in [-0.05, 0) is 42.7 Å². The van der Waals surface area contributed by atoms with Gasteiger partial charge in [0.05, 0.1) is 12.7 Å². The number of benzene rings is 1. The fourth-order valence-electron chi connectivity index (χ4n) is 4.13. The summed E-state index contributed by atoms with van der Waals surface area (Å²) >= 11 is 0. The summed E-state index contributed by atoms with van der Waals surface area (Å²) in [5.41, 5.74) is -0.0959. The molecule has 2 atom stereocenters. The van der Waals surface area contributed by atoms with Gasteiger partial charge in [0, 0.05) is 11.1 Å². The van der Waals surface area contributed by atoms with Crippen molar-refractivity contribution < 1.29 is 22.3 Å². The van der Waals surface area contributed by atoms with Crippen LogP contribution in [0.25, 0.3) is 5.57 Å². The number of rotatable bonds is 6. The summed E-state index contributed by atoms with van der Waals surface area (Å²) in [6.45, 7) is 4.57. The van der Waals surface area contributed by atoms with Crippen LogP contribution >= 0.6 is 0 Å². The molecule has 2 unspecified atom stereocenters. The lowest BCUT2D eigenvalue weighted by Gasteiger charge is -2.33. The van der Waals surface area contributed by atoms with E-state index < -0.39 is 23.0 Å². The van der Waals surface area contributed by atoms with Gasteiger partial charge in [0.2, 0.25) is 0 Å². The lowest BCUT2D eigenvalue weighted by atomic mass is 9.84. The molecular formula is C23H28F4O. The largest absolute Gasteiger partial charge is 0.373 e. The van der Waals surface area contributed by atoms with Crippen molar-refractivity contribution in [2.75, 3.05) is 6.61 Å². The standard InChI is InChI=1S/C23H28F4O/c1-3-5-16-7-14-21(28-15-16)18-10-8-17(9-11-18)20-13-12-19(6-4-2)22(24,25)23(20,26)27/h8-13,16,21H,3-7,14-15H2,1-2H3. The van der Waals surface area contributed by atoms with Gasteiger partial charge >= 0.3 is 11.8 Å². The van der Waals surface area contributed by atoms with Crippen LogP contribution in [-0.4, -0.2) is 18.5 Å². The number of alkyl halides is 4. The summed E-state index contributed by atoms with van der Waals surface area (Å²) in [5, 5.41) is 0. The monoisotopic (exact) mass is 396 g/mol. The van der Waals surface area contributed by atoms with E-state index in [1.165, 1.54) is 12.1 Å². The molecule has 1 aromatic carbocycles. The Labute approximate surface area is 164 Å². The van der Waals surface area contributed by atoms with Crippen LogP contribution in [0.2, 0.25) is 0 Å². The molecule has 28 heavy (non-hydrogen) atoms. The van der Waals surface area contributed by atoms with E-state index in [4.69, 9.17) is 4.74 Å². The Kier molecular flexibility index (Phi) is 6.33. The van der Waals surface area contributed by atoms with Crippen molar-refractivity contribution in [1.82, 2.24) is 0 Å². The summed E-state index contributed by atoms with van der Waals surface area (Å²) in [6.07, 6.45) is 6.86. The predicted octanol–water partition coefficient (Wildman–Crippen LogP) is 7.35. The van der Waals surface area contributed by atoms with E-state index in [1.807, 2.05) is 0 Å². The maximum atomic E-state index is 14.6. The van der Waals surface area contributed by atoms with E-state index in [9.17, 15) is 17.6 Å². The quantitative estimate of drug-likeness (QED) is 0.457. The summed E-state index contributed by atoms with van der Waals surface area (Å²) < 4.78 is 63.8. The highest BCUT2D eigenvalue weighted by Crippen LogP contribution is 2.51. The van der Waals surface area contributed by atoms with E-state index >= 15 is 0 Å². The van der Waals surface area contributed by atoms with Crippen LogP contribution in [0.3, 0.4) is 0 Å². The fourth-order valence-corrected chi connectivity index (χ4v) is 4.13. The number of hydrogen-bond donors (Lipinski definition) is 0. The van der Waals surface area contributed by atoms with Gasteiger partial charge in [-0.25, -0.2) is 0 Å². The highest BCUT2D eigenvalue weighted by Gasteiger charge is 2.61. The Hall–Kier alpha value is -1.62. The average Bonchev–Trinajstić information content (AvgIpc) is 2.67. The minimum Gasteiger partial charge on any atom is -0.373 e. The van der Waals surface area contributed by atoms with Crippen molar-refractivity contribution in [3.05, 3.63) is 53.1 Å². The summed E-state index contributed by atoms with van der Waals surface area (Å²) in [4.78, 5) is 0. The molecule has 0 radical (unpaired) electrons. The fraction of sp³-hybridized carbons (Fsp3) is 0.565. The van der Waals surface area contributed by atoms with Gasteiger partial charge in [-0.1, -0.05) is 63.1 Å². The zero-order chi connectivity index (χ0) is 20.4. The minimum atomic E-state index is -4.22. The molecule has 1 heterocycles. The molecule has 1 nitrogen and oxygen atoms in total. The van der Waals surface area contributed by atoms with Gasteiger partial charge in [-0.2, -0.15) is 17.6 Å². The van der Waals surface area contributed by atoms with Crippen molar-refractivity contribution in [1.29, 1.82) is 0 Å². The highest BCUT2D eigenvalue weighted by molar-refractivity contribution is 5.76. The first-order valence-electron chi connectivity index (χ1n) is 10.2. The molecule has 154 valence electrons. The zero-order valence-electron chi connectivity index (χ0n) is 16.5. The molecule has 0 aromatic heterocycles. The molecule has 1 saturated heterocycles. The van der Waals surface area contributed by atoms with Crippen molar-refractivity contribution in [3.63, 3.8) is 0 Å². The Morgan fingerprint density at radius 1 is 0.929 bits per heavy atom. The molecule has 0 N–H and O–H groups in total. The van der Waals surface area contributed by atoms with Crippen molar-refractivity contribution in [2.24, 2.45) is 5.92 Å². The van der Waals surface area contributed by atoms with Crippen molar-refractivity contribution in [2.45, 2.75) is 70.3 Å². The first-order valence-corrected chi connectivity index (χ1v) is 10.2. The van der Waals surface area contributed by atoms with E-state index in [1.54, 1.807) is 19.1 Å². The Morgan fingerprint density at radius 3 is 2.21 bits per heavy atom. The van der Waals surface area contributed by atoms with Crippen molar-refractivity contribution >= 4 is 5.57 Å². The van der Waals surface area contributed by atoms with Gasteiger partial charge in [0.1, 0.15) is 0 Å². The molecule has 1 fully saturated rings. The van der Waals surface area contributed by atoms with Gasteiger partial charge in [-0.15, -0.1) is 0 Å². The molecule has 0 bridgehead atoms. The van der Waals surface area contributed by atoms with Crippen LogP contribution in [0.4, 0.5) is 17.6 Å². The maximum absolute atomic E-state index is 14.6. The molecular weight excluding hydrogens is 368 g/mol. The topological polar surface area (TPSA) is 9.23 Å². The number of halogens is 4. The Bertz CT molecular complexity index is 725. The van der Waals surface area contributed by atoms with E-state index in [0.717, 1.165) is 43.4 Å². The molecule has 1 aliphatic carbocycles. The lowest BCUT2D eigenvalue weighted by molar-refractivity contribution is -0.149. The van der Waals surface area contributed by atoms with E-state index in [0.29, 0.717) is 18.9 Å². The summed E-state index contributed by atoms with van der Waals surface area (Å²) in [7, 11) is 0. The first-order chi connectivity index (χ1) is 13.3.